The number of ether oxygens (including phenoxy) is 3. The highest BCUT2D eigenvalue weighted by atomic mass is 79.9. The van der Waals surface area contributed by atoms with Gasteiger partial charge in [0.05, 0.1) is 25.3 Å². The molecule has 0 aromatic heterocycles. The topological polar surface area (TPSA) is 70.8 Å². The van der Waals surface area contributed by atoms with E-state index < -0.39 is 0 Å². The van der Waals surface area contributed by atoms with Crippen molar-refractivity contribution < 1.29 is 19.0 Å². The summed E-state index contributed by atoms with van der Waals surface area (Å²) < 4.78 is 16.2. The van der Waals surface area contributed by atoms with Crippen LogP contribution in [-0.4, -0.2) is 26.8 Å². The second kappa shape index (κ2) is 8.01. The number of hydrogen-bond acceptors (Lipinski definition) is 5. The molecule has 0 heterocycles. The smallest absolute Gasteiger partial charge is 0.305 e. The van der Waals surface area contributed by atoms with Crippen LogP contribution in [0.5, 0.6) is 11.5 Å². The second-order valence-corrected chi connectivity index (χ2v) is 4.70. The minimum Gasteiger partial charge on any atom is -0.493 e. The molecule has 1 rings (SSSR count). The first kappa shape index (κ1) is 15.8. The Morgan fingerprint density at radius 3 is 2.68 bits per heavy atom. The number of carbonyl (C=O) groups excluding carboxylic acids is 1. The lowest BCUT2D eigenvalue weighted by Crippen LogP contribution is -2.06. The van der Waals surface area contributed by atoms with Crippen LogP contribution in [0.25, 0.3) is 0 Å². The molecule has 0 amide bonds. The molecule has 5 nitrogen and oxygen atoms in total. The highest BCUT2D eigenvalue weighted by Crippen LogP contribution is 2.36. The van der Waals surface area contributed by atoms with Gasteiger partial charge in [0, 0.05) is 13.0 Å². The monoisotopic (exact) mass is 331 g/mol. The first-order valence-corrected chi connectivity index (χ1v) is 6.67. The molecule has 0 saturated heterocycles. The lowest BCUT2D eigenvalue weighted by molar-refractivity contribution is -0.140. The fraction of sp³-hybridized carbons (Fsp3) is 0.462. The van der Waals surface area contributed by atoms with Crippen molar-refractivity contribution in [3.05, 3.63) is 22.2 Å². The first-order valence-electron chi connectivity index (χ1n) is 5.88. The Hall–Kier alpha value is -1.27. The van der Waals surface area contributed by atoms with Gasteiger partial charge in [0.25, 0.3) is 0 Å². The number of nitrogens with two attached hydrogens (primary N) is 1. The first-order chi connectivity index (χ1) is 9.12. The molecule has 2 N–H and O–H groups in total. The third-order valence-electron chi connectivity index (χ3n) is 2.52. The van der Waals surface area contributed by atoms with Crippen LogP contribution in [0.1, 0.15) is 18.4 Å². The third kappa shape index (κ3) is 4.72. The maximum absolute atomic E-state index is 11.0. The number of halogens is 1. The van der Waals surface area contributed by atoms with E-state index in [-0.39, 0.29) is 5.97 Å². The van der Waals surface area contributed by atoms with Gasteiger partial charge in [0.15, 0.2) is 11.5 Å². The van der Waals surface area contributed by atoms with Gasteiger partial charge in [0.2, 0.25) is 0 Å². The molecular weight excluding hydrogens is 314 g/mol. The van der Waals surface area contributed by atoms with Crippen LogP contribution in [-0.2, 0) is 16.1 Å². The minimum atomic E-state index is -0.242. The SMILES string of the molecule is COC(=O)CCCOc1c(Br)cc(CN)cc1OC. The molecule has 106 valence electrons. The van der Waals surface area contributed by atoms with Crippen molar-refractivity contribution in [1.82, 2.24) is 0 Å². The zero-order chi connectivity index (χ0) is 14.3. The molecule has 0 aliphatic rings. The van der Waals surface area contributed by atoms with E-state index in [0.717, 1.165) is 10.0 Å². The van der Waals surface area contributed by atoms with E-state index in [0.29, 0.717) is 37.5 Å². The molecule has 19 heavy (non-hydrogen) atoms. The Morgan fingerprint density at radius 2 is 2.11 bits per heavy atom. The van der Waals surface area contributed by atoms with Gasteiger partial charge in [0.1, 0.15) is 0 Å². The molecular formula is C13H18BrNO4. The van der Waals surface area contributed by atoms with Gasteiger partial charge in [-0.15, -0.1) is 0 Å². The predicted molar refractivity (Wildman–Crippen MR) is 75.3 cm³/mol. The van der Waals surface area contributed by atoms with Crippen molar-refractivity contribution in [3.63, 3.8) is 0 Å². The maximum Gasteiger partial charge on any atom is 0.305 e. The van der Waals surface area contributed by atoms with Gasteiger partial charge in [-0.05, 0) is 40.0 Å². The fourth-order valence-corrected chi connectivity index (χ4v) is 2.13. The number of rotatable bonds is 7. The van der Waals surface area contributed by atoms with Gasteiger partial charge in [-0.3, -0.25) is 4.79 Å². The molecule has 0 saturated carbocycles. The molecule has 0 aliphatic heterocycles. The van der Waals surface area contributed by atoms with Crippen molar-refractivity contribution in [2.24, 2.45) is 5.73 Å². The largest absolute Gasteiger partial charge is 0.493 e. The standard InChI is InChI=1S/C13H18BrNO4/c1-17-11-7-9(8-15)6-10(14)13(11)19-5-3-4-12(16)18-2/h6-7H,3-5,8,15H2,1-2H3. The van der Waals surface area contributed by atoms with E-state index in [1.54, 1.807) is 7.11 Å². The lowest BCUT2D eigenvalue weighted by atomic mass is 10.2. The molecule has 0 atom stereocenters. The highest BCUT2D eigenvalue weighted by molar-refractivity contribution is 9.10. The van der Waals surface area contributed by atoms with Crippen LogP contribution in [0.3, 0.4) is 0 Å². The molecule has 0 unspecified atom stereocenters. The van der Waals surface area contributed by atoms with Crippen LogP contribution in [0.4, 0.5) is 0 Å². The molecule has 0 fully saturated rings. The summed E-state index contributed by atoms with van der Waals surface area (Å²) in [5.41, 5.74) is 6.54. The summed E-state index contributed by atoms with van der Waals surface area (Å²) in [7, 11) is 2.94. The van der Waals surface area contributed by atoms with Gasteiger partial charge >= 0.3 is 5.97 Å². The predicted octanol–water partition coefficient (Wildman–Crippen LogP) is 2.25. The van der Waals surface area contributed by atoms with Crippen LogP contribution in [0, 0.1) is 0 Å². The van der Waals surface area contributed by atoms with E-state index in [2.05, 4.69) is 20.7 Å². The van der Waals surface area contributed by atoms with Crippen LogP contribution in [0.15, 0.2) is 16.6 Å². The molecule has 0 radical (unpaired) electrons. The molecule has 0 spiro atoms. The normalized spacial score (nSPS) is 10.1. The van der Waals surface area contributed by atoms with Gasteiger partial charge in [-0.25, -0.2) is 0 Å². The van der Waals surface area contributed by atoms with Crippen molar-refractivity contribution in [2.75, 3.05) is 20.8 Å². The highest BCUT2D eigenvalue weighted by Gasteiger charge is 2.11. The van der Waals surface area contributed by atoms with Gasteiger partial charge in [-0.1, -0.05) is 0 Å². The summed E-state index contributed by atoms with van der Waals surface area (Å²) >= 11 is 3.42. The fourth-order valence-electron chi connectivity index (χ4n) is 1.52. The number of carbonyl (C=O) groups is 1. The summed E-state index contributed by atoms with van der Waals surface area (Å²) in [5.74, 6) is 0.991. The van der Waals surface area contributed by atoms with Crippen molar-refractivity contribution in [3.8, 4) is 11.5 Å². The van der Waals surface area contributed by atoms with Crippen LogP contribution < -0.4 is 15.2 Å². The third-order valence-corrected chi connectivity index (χ3v) is 3.11. The average Bonchev–Trinajstić information content (AvgIpc) is 2.43. The lowest BCUT2D eigenvalue weighted by Gasteiger charge is -2.13. The van der Waals surface area contributed by atoms with E-state index in [4.69, 9.17) is 15.2 Å². The zero-order valence-electron chi connectivity index (χ0n) is 11.1. The van der Waals surface area contributed by atoms with Crippen molar-refractivity contribution in [1.29, 1.82) is 0 Å². The van der Waals surface area contributed by atoms with E-state index >= 15 is 0 Å². The van der Waals surface area contributed by atoms with Gasteiger partial charge < -0.3 is 19.9 Å². The Bertz CT molecular complexity index is 437. The van der Waals surface area contributed by atoms with Crippen LogP contribution >= 0.6 is 15.9 Å². The molecule has 6 heteroatoms. The maximum atomic E-state index is 11.0. The Morgan fingerprint density at radius 1 is 1.37 bits per heavy atom. The van der Waals surface area contributed by atoms with Gasteiger partial charge in [-0.2, -0.15) is 0 Å². The molecule has 0 aliphatic carbocycles. The molecule has 1 aromatic carbocycles. The Labute approximate surface area is 121 Å². The molecule has 0 bridgehead atoms. The van der Waals surface area contributed by atoms with Crippen LogP contribution in [0.2, 0.25) is 0 Å². The van der Waals surface area contributed by atoms with E-state index in [9.17, 15) is 4.79 Å². The quantitative estimate of drug-likeness (QED) is 0.613. The summed E-state index contributed by atoms with van der Waals surface area (Å²) in [6, 6.07) is 3.72. The number of methoxy groups -OCH3 is 2. The Kier molecular flexibility index (Phi) is 6.66. The number of hydrogen-bond donors (Lipinski definition) is 1. The average molecular weight is 332 g/mol. The summed E-state index contributed by atoms with van der Waals surface area (Å²) in [4.78, 5) is 11.0. The number of benzene rings is 1. The Balaban J connectivity index is 2.64. The zero-order valence-corrected chi connectivity index (χ0v) is 12.7. The summed E-state index contributed by atoms with van der Waals surface area (Å²) in [5, 5.41) is 0. The second-order valence-electron chi connectivity index (χ2n) is 3.84. The van der Waals surface area contributed by atoms with Crippen molar-refractivity contribution in [2.45, 2.75) is 19.4 Å². The summed E-state index contributed by atoms with van der Waals surface area (Å²) in [6.07, 6.45) is 0.915. The van der Waals surface area contributed by atoms with Crippen molar-refractivity contribution >= 4 is 21.9 Å². The summed E-state index contributed by atoms with van der Waals surface area (Å²) in [6.45, 7) is 0.837. The number of esters is 1. The minimum absolute atomic E-state index is 0.242. The van der Waals surface area contributed by atoms with E-state index in [1.165, 1.54) is 7.11 Å². The van der Waals surface area contributed by atoms with E-state index in [1.807, 2.05) is 12.1 Å². The molecule has 1 aromatic rings.